The molecule has 0 radical (unpaired) electrons. The Labute approximate surface area is 160 Å². The predicted molar refractivity (Wildman–Crippen MR) is 104 cm³/mol. The van der Waals surface area contributed by atoms with Crippen molar-refractivity contribution in [2.75, 3.05) is 32.7 Å². The number of carbonyl (C=O) groups is 1. The number of rotatable bonds is 6. The third kappa shape index (κ3) is 4.13. The van der Waals surface area contributed by atoms with Crippen LogP contribution in [0.4, 0.5) is 0 Å². The van der Waals surface area contributed by atoms with Crippen LogP contribution in [0.3, 0.4) is 0 Å². The Balaban J connectivity index is 1.66. The summed E-state index contributed by atoms with van der Waals surface area (Å²) in [6.45, 7) is 7.87. The molecule has 1 amide bonds. The summed E-state index contributed by atoms with van der Waals surface area (Å²) >= 11 is 1.28. The maximum Gasteiger partial charge on any atom is 0.253 e. The molecule has 26 heavy (non-hydrogen) atoms. The van der Waals surface area contributed by atoms with E-state index in [2.05, 4.69) is 12.2 Å². The summed E-state index contributed by atoms with van der Waals surface area (Å²) in [6.07, 6.45) is 3.35. The van der Waals surface area contributed by atoms with Gasteiger partial charge in [-0.1, -0.05) is 6.92 Å². The van der Waals surface area contributed by atoms with E-state index in [-0.39, 0.29) is 5.91 Å². The molecule has 0 aliphatic carbocycles. The van der Waals surface area contributed by atoms with E-state index in [1.807, 2.05) is 17.9 Å². The molecular weight excluding hydrogens is 370 g/mol. The van der Waals surface area contributed by atoms with Crippen molar-refractivity contribution < 1.29 is 13.2 Å². The Morgan fingerprint density at radius 3 is 2.58 bits per heavy atom. The van der Waals surface area contributed by atoms with Gasteiger partial charge in [0, 0.05) is 24.5 Å². The molecule has 6 nitrogen and oxygen atoms in total. The molecule has 0 aromatic carbocycles. The lowest BCUT2D eigenvalue weighted by molar-refractivity contribution is -0.136. The molecule has 0 saturated carbocycles. The summed E-state index contributed by atoms with van der Waals surface area (Å²) < 4.78 is 27.7. The van der Waals surface area contributed by atoms with Crippen molar-refractivity contribution >= 4 is 27.3 Å². The number of carbonyl (C=O) groups excluding carboxylic acids is 1. The second kappa shape index (κ2) is 8.37. The molecule has 1 atom stereocenters. The number of nitrogens with one attached hydrogen (secondary N) is 1. The van der Waals surface area contributed by atoms with Gasteiger partial charge in [0.1, 0.15) is 10.3 Å². The average molecular weight is 400 g/mol. The van der Waals surface area contributed by atoms with Crippen molar-refractivity contribution in [2.45, 2.75) is 49.8 Å². The maximum absolute atomic E-state index is 13.0. The smallest absolute Gasteiger partial charge is 0.253 e. The summed E-state index contributed by atoms with van der Waals surface area (Å²) in [5.74, 6) is 0.595. The fourth-order valence-corrected chi connectivity index (χ4v) is 6.92. The lowest BCUT2D eigenvalue weighted by Gasteiger charge is -2.35. The number of sulfonamides is 1. The van der Waals surface area contributed by atoms with Crippen LogP contribution in [-0.4, -0.2) is 62.3 Å². The van der Waals surface area contributed by atoms with Crippen LogP contribution in [0.5, 0.6) is 0 Å². The number of nitrogens with zero attached hydrogens (tertiary/aromatic N) is 2. The summed E-state index contributed by atoms with van der Waals surface area (Å²) in [5.41, 5.74) is 0. The highest BCUT2D eigenvalue weighted by Gasteiger charge is 2.42. The Kier molecular flexibility index (Phi) is 6.37. The largest absolute Gasteiger partial charge is 0.341 e. The Hall–Kier alpha value is -0.960. The van der Waals surface area contributed by atoms with Gasteiger partial charge >= 0.3 is 0 Å². The van der Waals surface area contributed by atoms with Gasteiger partial charge in [-0.05, 0) is 63.7 Å². The van der Waals surface area contributed by atoms with Crippen molar-refractivity contribution in [3.8, 4) is 0 Å². The zero-order chi connectivity index (χ0) is 18.7. The van der Waals surface area contributed by atoms with Gasteiger partial charge in [0.25, 0.3) is 10.0 Å². The Morgan fingerprint density at radius 1 is 1.23 bits per heavy atom. The van der Waals surface area contributed by atoms with Crippen LogP contribution >= 0.6 is 11.3 Å². The summed E-state index contributed by atoms with van der Waals surface area (Å²) in [6, 6.07) is 2.94. The number of likely N-dealkylation sites (tertiary alicyclic amines) is 1. The SMILES string of the molecule is CCNCC1CCN(C(=O)C2CCCN2S(=O)(=O)c2ccc(C)s2)CC1. The van der Waals surface area contributed by atoms with Crippen LogP contribution in [0, 0.1) is 12.8 Å². The molecule has 3 heterocycles. The topological polar surface area (TPSA) is 69.7 Å². The van der Waals surface area contributed by atoms with Crippen LogP contribution in [0.2, 0.25) is 0 Å². The molecule has 2 saturated heterocycles. The van der Waals surface area contributed by atoms with Crippen LogP contribution in [0.1, 0.15) is 37.5 Å². The number of hydrogen-bond donors (Lipinski definition) is 1. The quantitative estimate of drug-likeness (QED) is 0.795. The van der Waals surface area contributed by atoms with Crippen molar-refractivity contribution in [3.63, 3.8) is 0 Å². The first-order valence-electron chi connectivity index (χ1n) is 9.51. The lowest BCUT2D eigenvalue weighted by atomic mass is 9.96. The molecule has 2 aliphatic heterocycles. The van der Waals surface area contributed by atoms with Crippen molar-refractivity contribution in [1.29, 1.82) is 0 Å². The highest BCUT2D eigenvalue weighted by Crippen LogP contribution is 2.31. The first kappa shape index (κ1) is 19.8. The third-order valence-electron chi connectivity index (χ3n) is 5.38. The first-order valence-corrected chi connectivity index (χ1v) is 11.8. The zero-order valence-electron chi connectivity index (χ0n) is 15.6. The monoisotopic (exact) mass is 399 g/mol. The maximum atomic E-state index is 13.0. The molecule has 8 heteroatoms. The molecule has 146 valence electrons. The van der Waals surface area contributed by atoms with E-state index in [9.17, 15) is 13.2 Å². The van der Waals surface area contributed by atoms with Gasteiger partial charge in [-0.25, -0.2) is 8.42 Å². The Bertz CT molecular complexity index is 724. The van der Waals surface area contributed by atoms with E-state index in [0.29, 0.717) is 23.1 Å². The van der Waals surface area contributed by atoms with Gasteiger partial charge in [-0.3, -0.25) is 4.79 Å². The zero-order valence-corrected chi connectivity index (χ0v) is 17.2. The normalized spacial score (nSPS) is 22.8. The van der Waals surface area contributed by atoms with Crippen molar-refractivity contribution in [2.24, 2.45) is 5.92 Å². The van der Waals surface area contributed by atoms with E-state index in [4.69, 9.17) is 0 Å². The molecular formula is C18H29N3O3S2. The van der Waals surface area contributed by atoms with Gasteiger partial charge in [-0.2, -0.15) is 4.31 Å². The molecule has 1 N–H and O–H groups in total. The van der Waals surface area contributed by atoms with E-state index < -0.39 is 16.1 Å². The molecule has 1 aromatic heterocycles. The Morgan fingerprint density at radius 2 is 1.96 bits per heavy atom. The number of aryl methyl sites for hydroxylation is 1. The molecule has 1 unspecified atom stereocenters. The molecule has 2 fully saturated rings. The minimum absolute atomic E-state index is 0.0127. The van der Waals surface area contributed by atoms with Gasteiger partial charge in [0.15, 0.2) is 0 Å². The lowest BCUT2D eigenvalue weighted by Crippen LogP contribution is -2.50. The van der Waals surface area contributed by atoms with E-state index >= 15 is 0 Å². The second-order valence-electron chi connectivity index (χ2n) is 7.22. The van der Waals surface area contributed by atoms with E-state index in [0.717, 1.165) is 50.3 Å². The fourth-order valence-electron chi connectivity index (χ4n) is 3.86. The van der Waals surface area contributed by atoms with Crippen LogP contribution in [0.25, 0.3) is 0 Å². The molecule has 1 aromatic rings. The molecule has 0 spiro atoms. The third-order valence-corrected chi connectivity index (χ3v) is 8.75. The highest BCUT2D eigenvalue weighted by atomic mass is 32.2. The second-order valence-corrected chi connectivity index (χ2v) is 10.6. The molecule has 3 rings (SSSR count). The van der Waals surface area contributed by atoms with E-state index in [1.54, 1.807) is 6.07 Å². The highest BCUT2D eigenvalue weighted by molar-refractivity contribution is 7.91. The van der Waals surface area contributed by atoms with Gasteiger partial charge in [0.2, 0.25) is 5.91 Å². The van der Waals surface area contributed by atoms with Crippen molar-refractivity contribution in [3.05, 3.63) is 17.0 Å². The minimum atomic E-state index is -3.58. The van der Waals surface area contributed by atoms with Gasteiger partial charge in [0.05, 0.1) is 0 Å². The van der Waals surface area contributed by atoms with Crippen LogP contribution in [0.15, 0.2) is 16.3 Å². The summed E-state index contributed by atoms with van der Waals surface area (Å²) in [7, 11) is -3.58. The number of amides is 1. The standard InChI is InChI=1S/C18H29N3O3S2/c1-3-19-13-15-8-11-20(12-9-15)18(22)16-5-4-10-21(16)26(23,24)17-7-6-14(2)25-17/h6-7,15-16,19H,3-5,8-13H2,1-2H3. The van der Waals surface area contributed by atoms with Crippen molar-refractivity contribution in [1.82, 2.24) is 14.5 Å². The molecule has 0 bridgehead atoms. The minimum Gasteiger partial charge on any atom is -0.341 e. The first-order chi connectivity index (χ1) is 12.4. The number of thiophene rings is 1. The summed E-state index contributed by atoms with van der Waals surface area (Å²) in [4.78, 5) is 15.9. The summed E-state index contributed by atoms with van der Waals surface area (Å²) in [5, 5.41) is 3.37. The number of piperidine rings is 1. The average Bonchev–Trinajstić information content (AvgIpc) is 3.29. The predicted octanol–water partition coefficient (Wildman–Crippen LogP) is 2.06. The van der Waals surface area contributed by atoms with Gasteiger partial charge in [-0.15, -0.1) is 11.3 Å². The van der Waals surface area contributed by atoms with Crippen LogP contribution in [-0.2, 0) is 14.8 Å². The van der Waals surface area contributed by atoms with Crippen LogP contribution < -0.4 is 5.32 Å². The fraction of sp³-hybridized carbons (Fsp3) is 0.722. The number of hydrogen-bond acceptors (Lipinski definition) is 5. The van der Waals surface area contributed by atoms with E-state index in [1.165, 1.54) is 15.6 Å². The van der Waals surface area contributed by atoms with Gasteiger partial charge < -0.3 is 10.2 Å². The molecule has 2 aliphatic rings.